The zero-order valence-corrected chi connectivity index (χ0v) is 12.3. The maximum absolute atomic E-state index is 12.3. The smallest absolute Gasteiger partial charge is 0.248 e. The SMILES string of the molecule is CN(Cc1ccccc1Cl)S(=O)(=O)c1c[nH]ccc1=O. The lowest BCUT2D eigenvalue weighted by atomic mass is 10.2. The van der Waals surface area contributed by atoms with Crippen LogP contribution < -0.4 is 5.43 Å². The van der Waals surface area contributed by atoms with Gasteiger partial charge in [0.25, 0.3) is 0 Å². The van der Waals surface area contributed by atoms with E-state index in [0.29, 0.717) is 10.6 Å². The predicted octanol–water partition coefficient (Wildman–Crippen LogP) is 1.85. The molecule has 2 aromatic rings. The molecule has 2 rings (SSSR count). The Morgan fingerprint density at radius 1 is 1.25 bits per heavy atom. The summed E-state index contributed by atoms with van der Waals surface area (Å²) >= 11 is 6.01. The summed E-state index contributed by atoms with van der Waals surface area (Å²) in [6.07, 6.45) is 2.57. The first-order valence-electron chi connectivity index (χ1n) is 5.80. The molecule has 0 saturated heterocycles. The van der Waals surface area contributed by atoms with Crippen LogP contribution in [-0.2, 0) is 16.6 Å². The molecule has 1 aromatic heterocycles. The van der Waals surface area contributed by atoms with Gasteiger partial charge in [0.2, 0.25) is 15.5 Å². The topological polar surface area (TPSA) is 70.2 Å². The minimum Gasteiger partial charge on any atom is -0.366 e. The fraction of sp³-hybridized carbons (Fsp3) is 0.154. The summed E-state index contributed by atoms with van der Waals surface area (Å²) in [5.74, 6) is 0. The third kappa shape index (κ3) is 2.92. The van der Waals surface area contributed by atoms with E-state index in [1.807, 2.05) is 0 Å². The van der Waals surface area contributed by atoms with Crippen LogP contribution in [0.5, 0.6) is 0 Å². The van der Waals surface area contributed by atoms with Crippen LogP contribution in [-0.4, -0.2) is 24.8 Å². The normalized spacial score (nSPS) is 11.8. The second-order valence-electron chi connectivity index (χ2n) is 4.23. The molecule has 106 valence electrons. The van der Waals surface area contributed by atoms with Crippen molar-refractivity contribution in [3.63, 3.8) is 0 Å². The zero-order chi connectivity index (χ0) is 14.8. The first-order valence-corrected chi connectivity index (χ1v) is 7.61. The number of nitrogens with zero attached hydrogens (tertiary/aromatic N) is 1. The molecule has 0 amide bonds. The fourth-order valence-corrected chi connectivity index (χ4v) is 3.10. The second kappa shape index (κ2) is 5.78. The van der Waals surface area contributed by atoms with Gasteiger partial charge in [0.05, 0.1) is 0 Å². The average Bonchev–Trinajstić information content (AvgIpc) is 2.41. The van der Waals surface area contributed by atoms with Crippen LogP contribution in [0.25, 0.3) is 0 Å². The van der Waals surface area contributed by atoms with E-state index in [2.05, 4.69) is 4.98 Å². The maximum atomic E-state index is 12.3. The van der Waals surface area contributed by atoms with E-state index in [1.165, 1.54) is 25.5 Å². The first-order chi connectivity index (χ1) is 9.43. The lowest BCUT2D eigenvalue weighted by Crippen LogP contribution is -2.30. The molecular weight excluding hydrogens is 300 g/mol. The van der Waals surface area contributed by atoms with E-state index < -0.39 is 15.5 Å². The van der Waals surface area contributed by atoms with Crippen LogP contribution in [0.1, 0.15) is 5.56 Å². The predicted molar refractivity (Wildman–Crippen MR) is 77.2 cm³/mol. The first kappa shape index (κ1) is 14.8. The van der Waals surface area contributed by atoms with E-state index in [9.17, 15) is 13.2 Å². The van der Waals surface area contributed by atoms with Crippen LogP contribution in [0.4, 0.5) is 0 Å². The number of benzene rings is 1. The van der Waals surface area contributed by atoms with Gasteiger partial charge >= 0.3 is 0 Å². The molecule has 0 atom stereocenters. The van der Waals surface area contributed by atoms with Gasteiger partial charge in [-0.05, 0) is 11.6 Å². The van der Waals surface area contributed by atoms with E-state index in [-0.39, 0.29) is 11.4 Å². The molecule has 5 nitrogen and oxygen atoms in total. The highest BCUT2D eigenvalue weighted by atomic mass is 35.5. The molecular formula is C13H13ClN2O3S. The summed E-state index contributed by atoms with van der Waals surface area (Å²) in [6, 6.07) is 8.14. The molecule has 0 unspecified atom stereocenters. The van der Waals surface area contributed by atoms with Gasteiger partial charge in [-0.25, -0.2) is 8.42 Å². The number of H-pyrrole nitrogens is 1. The fourth-order valence-electron chi connectivity index (χ4n) is 1.72. The van der Waals surface area contributed by atoms with E-state index in [0.717, 1.165) is 4.31 Å². The molecule has 0 fully saturated rings. The van der Waals surface area contributed by atoms with Crippen LogP contribution in [0.15, 0.2) is 52.4 Å². The highest BCUT2D eigenvalue weighted by molar-refractivity contribution is 7.89. The molecule has 0 radical (unpaired) electrons. The summed E-state index contributed by atoms with van der Waals surface area (Å²) in [4.78, 5) is 14.0. The number of aromatic amines is 1. The minimum atomic E-state index is -3.85. The number of rotatable bonds is 4. The van der Waals surface area contributed by atoms with Gasteiger partial charge in [-0.3, -0.25) is 4.79 Å². The van der Waals surface area contributed by atoms with Crippen LogP contribution in [0, 0.1) is 0 Å². The molecule has 1 aromatic carbocycles. The largest absolute Gasteiger partial charge is 0.366 e. The van der Waals surface area contributed by atoms with Crippen LogP contribution >= 0.6 is 11.6 Å². The highest BCUT2D eigenvalue weighted by Crippen LogP contribution is 2.19. The van der Waals surface area contributed by atoms with Crippen LogP contribution in [0.2, 0.25) is 5.02 Å². The van der Waals surface area contributed by atoms with Gasteiger partial charge in [-0.15, -0.1) is 0 Å². The van der Waals surface area contributed by atoms with Crippen molar-refractivity contribution in [2.45, 2.75) is 11.4 Å². The minimum absolute atomic E-state index is 0.0936. The third-order valence-electron chi connectivity index (χ3n) is 2.83. The number of hydrogen-bond donors (Lipinski definition) is 1. The Bertz CT molecular complexity index is 771. The molecule has 7 heteroatoms. The number of aromatic nitrogens is 1. The van der Waals surface area contributed by atoms with Crippen molar-refractivity contribution in [1.29, 1.82) is 0 Å². The average molecular weight is 313 g/mol. The molecule has 0 aliphatic rings. The van der Waals surface area contributed by atoms with Crippen molar-refractivity contribution in [2.24, 2.45) is 0 Å². The maximum Gasteiger partial charge on any atom is 0.248 e. The van der Waals surface area contributed by atoms with Gasteiger partial charge < -0.3 is 4.98 Å². The Morgan fingerprint density at radius 2 is 1.95 bits per heavy atom. The Morgan fingerprint density at radius 3 is 2.60 bits per heavy atom. The highest BCUT2D eigenvalue weighted by Gasteiger charge is 2.24. The molecule has 1 N–H and O–H groups in total. The van der Waals surface area contributed by atoms with Crippen LogP contribution in [0.3, 0.4) is 0 Å². The van der Waals surface area contributed by atoms with Crippen molar-refractivity contribution in [3.05, 3.63) is 63.5 Å². The van der Waals surface area contributed by atoms with Gasteiger partial charge in [0, 0.05) is 37.1 Å². The van der Waals surface area contributed by atoms with Crippen molar-refractivity contribution in [2.75, 3.05) is 7.05 Å². The summed E-state index contributed by atoms with van der Waals surface area (Å²) in [6.45, 7) is 0.0936. The Balaban J connectivity index is 2.34. The summed E-state index contributed by atoms with van der Waals surface area (Å²) in [5.41, 5.74) is 0.127. The van der Waals surface area contributed by atoms with Crippen molar-refractivity contribution >= 4 is 21.6 Å². The lowest BCUT2D eigenvalue weighted by Gasteiger charge is -2.17. The Labute approximate surface area is 121 Å². The molecule has 0 aliphatic carbocycles. The monoisotopic (exact) mass is 312 g/mol. The van der Waals surface area contributed by atoms with Crippen molar-refractivity contribution in [3.8, 4) is 0 Å². The third-order valence-corrected chi connectivity index (χ3v) is 5.02. The molecule has 0 aliphatic heterocycles. The summed E-state index contributed by atoms with van der Waals surface area (Å²) < 4.78 is 25.8. The Hall–Kier alpha value is -1.63. The van der Waals surface area contributed by atoms with E-state index in [4.69, 9.17) is 11.6 Å². The molecule has 0 saturated carbocycles. The zero-order valence-electron chi connectivity index (χ0n) is 10.7. The Kier molecular flexibility index (Phi) is 4.27. The van der Waals surface area contributed by atoms with Gasteiger partial charge in [0.15, 0.2) is 0 Å². The number of sulfonamides is 1. The quantitative estimate of drug-likeness (QED) is 0.936. The van der Waals surface area contributed by atoms with Crippen molar-refractivity contribution < 1.29 is 8.42 Å². The molecule has 20 heavy (non-hydrogen) atoms. The molecule has 0 bridgehead atoms. The van der Waals surface area contributed by atoms with Gasteiger partial charge in [0.1, 0.15) is 4.90 Å². The number of pyridine rings is 1. The van der Waals surface area contributed by atoms with E-state index in [1.54, 1.807) is 24.3 Å². The lowest BCUT2D eigenvalue weighted by molar-refractivity contribution is 0.466. The molecule has 0 spiro atoms. The summed E-state index contributed by atoms with van der Waals surface area (Å²) in [5, 5.41) is 0.483. The number of hydrogen-bond acceptors (Lipinski definition) is 3. The number of nitrogens with one attached hydrogen (secondary N) is 1. The standard InChI is InChI=1S/C13H13ClN2O3S/c1-16(9-10-4-2-3-5-11(10)14)20(18,19)13-8-15-7-6-12(13)17/h2-8H,9H2,1H3,(H,15,17). The second-order valence-corrected chi connectivity index (χ2v) is 6.65. The molecule has 1 heterocycles. The van der Waals surface area contributed by atoms with Gasteiger partial charge in [-0.1, -0.05) is 29.8 Å². The summed E-state index contributed by atoms with van der Waals surface area (Å²) in [7, 11) is -2.45. The van der Waals surface area contributed by atoms with E-state index >= 15 is 0 Å². The number of halogens is 1. The van der Waals surface area contributed by atoms with Gasteiger partial charge in [-0.2, -0.15) is 4.31 Å². The van der Waals surface area contributed by atoms with Crippen molar-refractivity contribution in [1.82, 2.24) is 9.29 Å².